The summed E-state index contributed by atoms with van der Waals surface area (Å²) in [6.07, 6.45) is 1.91. The maximum absolute atomic E-state index is 12.0. The number of primary amides is 1. The molecule has 2 N–H and O–H groups in total. The number of carbonyl (C=O) groups excluding carboxylic acids is 1. The number of benzene rings is 2. The molecule has 0 aromatic heterocycles. The molecular formula is C19H22N2O2. The number of nitrogens with zero attached hydrogens (tertiary/aromatic N) is 1. The maximum Gasteiger partial charge on any atom is 0.250 e. The second-order valence-electron chi connectivity index (χ2n) is 5.89. The van der Waals surface area contributed by atoms with Crippen LogP contribution >= 0.6 is 0 Å². The van der Waals surface area contributed by atoms with Gasteiger partial charge in [0.15, 0.2) is 0 Å². The number of ether oxygens (including phenoxy) is 1. The van der Waals surface area contributed by atoms with Crippen molar-refractivity contribution in [1.29, 1.82) is 0 Å². The molecule has 3 rings (SSSR count). The number of nitrogens with two attached hydrogens (primary N) is 1. The van der Waals surface area contributed by atoms with Crippen molar-refractivity contribution in [3.63, 3.8) is 0 Å². The Kier molecular flexibility index (Phi) is 4.63. The van der Waals surface area contributed by atoms with Crippen molar-refractivity contribution < 1.29 is 9.53 Å². The average Bonchev–Trinajstić information content (AvgIpc) is 2.62. The van der Waals surface area contributed by atoms with E-state index in [1.807, 2.05) is 37.4 Å². The van der Waals surface area contributed by atoms with Gasteiger partial charge in [-0.3, -0.25) is 4.79 Å². The van der Waals surface area contributed by atoms with Gasteiger partial charge < -0.3 is 15.4 Å². The lowest BCUT2D eigenvalue weighted by atomic mass is 9.96. The van der Waals surface area contributed by atoms with Crippen molar-refractivity contribution >= 4 is 11.6 Å². The molecule has 1 heterocycles. The first kappa shape index (κ1) is 15.6. The fraction of sp³-hybridized carbons (Fsp3) is 0.316. The lowest BCUT2D eigenvalue weighted by molar-refractivity contribution is 0.0854. The van der Waals surface area contributed by atoms with Crippen LogP contribution in [0, 0.1) is 0 Å². The first-order valence-electron chi connectivity index (χ1n) is 7.97. The highest BCUT2D eigenvalue weighted by molar-refractivity contribution is 6.02. The van der Waals surface area contributed by atoms with Crippen molar-refractivity contribution in [2.24, 2.45) is 5.73 Å². The van der Waals surface area contributed by atoms with Gasteiger partial charge in [0.05, 0.1) is 11.3 Å². The first-order chi connectivity index (χ1) is 11.2. The molecule has 0 spiro atoms. The van der Waals surface area contributed by atoms with E-state index in [-0.39, 0.29) is 0 Å². The largest absolute Gasteiger partial charge is 0.381 e. The van der Waals surface area contributed by atoms with Crippen LogP contribution in [-0.2, 0) is 4.74 Å². The summed E-state index contributed by atoms with van der Waals surface area (Å²) < 4.78 is 5.46. The summed E-state index contributed by atoms with van der Waals surface area (Å²) in [5.74, 6) is -0.392. The molecular weight excluding hydrogens is 288 g/mol. The monoisotopic (exact) mass is 310 g/mol. The van der Waals surface area contributed by atoms with Gasteiger partial charge in [-0.1, -0.05) is 42.5 Å². The fourth-order valence-electron chi connectivity index (χ4n) is 3.23. The topological polar surface area (TPSA) is 55.6 Å². The highest BCUT2D eigenvalue weighted by Gasteiger charge is 2.24. The Bertz CT molecular complexity index is 679. The summed E-state index contributed by atoms with van der Waals surface area (Å²) in [4.78, 5) is 14.2. The Balaban J connectivity index is 2.10. The number of rotatable bonds is 4. The number of hydrogen-bond acceptors (Lipinski definition) is 3. The second kappa shape index (κ2) is 6.84. The Hall–Kier alpha value is -2.33. The van der Waals surface area contributed by atoms with Crippen LogP contribution in [0.5, 0.6) is 0 Å². The molecule has 1 fully saturated rings. The average molecular weight is 310 g/mol. The van der Waals surface area contributed by atoms with Crippen LogP contribution in [0.15, 0.2) is 48.5 Å². The predicted molar refractivity (Wildman–Crippen MR) is 92.6 cm³/mol. The quantitative estimate of drug-likeness (QED) is 0.944. The zero-order valence-corrected chi connectivity index (χ0v) is 13.4. The van der Waals surface area contributed by atoms with Crippen molar-refractivity contribution in [2.45, 2.75) is 18.9 Å². The SMILES string of the molecule is CN(c1c(C(N)=O)cccc1-c1ccccc1)C1CCOCC1. The molecule has 4 heteroatoms. The molecule has 23 heavy (non-hydrogen) atoms. The van der Waals surface area contributed by atoms with E-state index in [9.17, 15) is 4.79 Å². The third kappa shape index (κ3) is 3.22. The third-order valence-corrected chi connectivity index (χ3v) is 4.48. The molecule has 1 aliphatic heterocycles. The Labute approximate surface area is 136 Å². The third-order valence-electron chi connectivity index (χ3n) is 4.48. The van der Waals surface area contributed by atoms with Crippen LogP contribution in [0.25, 0.3) is 11.1 Å². The predicted octanol–water partition coefficient (Wildman–Crippen LogP) is 3.07. The lowest BCUT2D eigenvalue weighted by Gasteiger charge is -2.35. The molecule has 0 radical (unpaired) electrons. The van der Waals surface area contributed by atoms with Gasteiger partial charge in [-0.15, -0.1) is 0 Å². The number of amides is 1. The molecule has 2 aromatic rings. The molecule has 1 aliphatic rings. The summed E-state index contributed by atoms with van der Waals surface area (Å²) in [7, 11) is 2.05. The second-order valence-corrected chi connectivity index (χ2v) is 5.89. The normalized spacial score (nSPS) is 15.3. The molecule has 0 unspecified atom stereocenters. The van der Waals surface area contributed by atoms with Crippen molar-refractivity contribution in [3.05, 3.63) is 54.1 Å². The fourth-order valence-corrected chi connectivity index (χ4v) is 3.23. The minimum atomic E-state index is -0.392. The van der Waals surface area contributed by atoms with Crippen LogP contribution < -0.4 is 10.6 Å². The van der Waals surface area contributed by atoms with Gasteiger partial charge >= 0.3 is 0 Å². The molecule has 2 aromatic carbocycles. The number of anilines is 1. The standard InChI is InChI=1S/C19H22N2O2/c1-21(15-10-12-23-13-11-15)18-16(14-6-3-2-4-7-14)8-5-9-17(18)19(20)22/h2-9,15H,10-13H2,1H3,(H2,20,22). The summed E-state index contributed by atoms with van der Waals surface area (Å²) in [6, 6.07) is 16.2. The summed E-state index contributed by atoms with van der Waals surface area (Å²) in [5.41, 5.74) is 9.25. The molecule has 0 saturated carbocycles. The van der Waals surface area contributed by atoms with Crippen LogP contribution in [0.3, 0.4) is 0 Å². The molecule has 0 bridgehead atoms. The number of carbonyl (C=O) groups is 1. The van der Waals surface area contributed by atoms with Crippen molar-refractivity contribution in [2.75, 3.05) is 25.2 Å². The highest BCUT2D eigenvalue weighted by Crippen LogP contribution is 2.35. The van der Waals surface area contributed by atoms with Crippen molar-refractivity contribution in [3.8, 4) is 11.1 Å². The van der Waals surface area contributed by atoms with Crippen LogP contribution in [0.4, 0.5) is 5.69 Å². The molecule has 0 aliphatic carbocycles. The summed E-state index contributed by atoms with van der Waals surface area (Å²) in [5, 5.41) is 0. The van der Waals surface area contributed by atoms with Gasteiger partial charge in [0.1, 0.15) is 0 Å². The molecule has 4 nitrogen and oxygen atoms in total. The van der Waals surface area contributed by atoms with Gasteiger partial charge in [0, 0.05) is 31.9 Å². The van der Waals surface area contributed by atoms with Crippen LogP contribution in [-0.4, -0.2) is 32.2 Å². The molecule has 120 valence electrons. The smallest absolute Gasteiger partial charge is 0.250 e. The van der Waals surface area contributed by atoms with Crippen molar-refractivity contribution in [1.82, 2.24) is 0 Å². The molecule has 1 saturated heterocycles. The van der Waals surface area contributed by atoms with E-state index in [2.05, 4.69) is 17.0 Å². The number of para-hydroxylation sites is 1. The van der Waals surface area contributed by atoms with E-state index in [4.69, 9.17) is 10.5 Å². The van der Waals surface area contributed by atoms with Gasteiger partial charge in [-0.25, -0.2) is 0 Å². The molecule has 1 amide bonds. The van der Waals surface area contributed by atoms with E-state index in [0.717, 1.165) is 42.9 Å². The van der Waals surface area contributed by atoms with E-state index in [0.29, 0.717) is 11.6 Å². The highest BCUT2D eigenvalue weighted by atomic mass is 16.5. The van der Waals surface area contributed by atoms with Crippen LogP contribution in [0.1, 0.15) is 23.2 Å². The van der Waals surface area contributed by atoms with E-state index < -0.39 is 5.91 Å². The minimum absolute atomic E-state index is 0.353. The summed E-state index contributed by atoms with van der Waals surface area (Å²) in [6.45, 7) is 1.52. The van der Waals surface area contributed by atoms with E-state index >= 15 is 0 Å². The van der Waals surface area contributed by atoms with Gasteiger partial charge in [0.2, 0.25) is 0 Å². The number of hydrogen-bond donors (Lipinski definition) is 1. The molecule has 0 atom stereocenters. The minimum Gasteiger partial charge on any atom is -0.381 e. The Morgan fingerprint density at radius 2 is 1.78 bits per heavy atom. The Morgan fingerprint density at radius 1 is 1.09 bits per heavy atom. The van der Waals surface area contributed by atoms with Gasteiger partial charge in [0.25, 0.3) is 5.91 Å². The summed E-state index contributed by atoms with van der Waals surface area (Å²) >= 11 is 0. The lowest BCUT2D eigenvalue weighted by Crippen LogP contribution is -2.38. The van der Waals surface area contributed by atoms with Crippen LogP contribution in [0.2, 0.25) is 0 Å². The van der Waals surface area contributed by atoms with Gasteiger partial charge in [-0.2, -0.15) is 0 Å². The van der Waals surface area contributed by atoms with E-state index in [1.165, 1.54) is 0 Å². The maximum atomic E-state index is 12.0. The van der Waals surface area contributed by atoms with Gasteiger partial charge in [-0.05, 0) is 24.5 Å². The Morgan fingerprint density at radius 3 is 2.43 bits per heavy atom. The van der Waals surface area contributed by atoms with E-state index in [1.54, 1.807) is 6.07 Å². The first-order valence-corrected chi connectivity index (χ1v) is 7.97. The zero-order chi connectivity index (χ0) is 16.2. The zero-order valence-electron chi connectivity index (χ0n) is 13.4.